The molecular weight excluding hydrogens is 362 g/mol. The summed E-state index contributed by atoms with van der Waals surface area (Å²) in [5.74, 6) is 0.822. The number of nitrogens with one attached hydrogen (secondary N) is 1. The highest BCUT2D eigenvalue weighted by molar-refractivity contribution is 5.95. The first-order valence-electron chi connectivity index (χ1n) is 8.81. The number of fused-ring (bicyclic) bond motifs is 1. The average Bonchev–Trinajstić information content (AvgIpc) is 3.07. The van der Waals surface area contributed by atoms with Gasteiger partial charge in [-0.2, -0.15) is 5.10 Å². The summed E-state index contributed by atoms with van der Waals surface area (Å²) in [7, 11) is 4.46. The zero-order chi connectivity index (χ0) is 20.4. The molecule has 0 amide bonds. The van der Waals surface area contributed by atoms with Crippen LogP contribution in [-0.2, 0) is 4.74 Å². The molecule has 0 saturated heterocycles. The van der Waals surface area contributed by atoms with Crippen LogP contribution in [0.5, 0.6) is 11.5 Å². The third-order valence-electron chi connectivity index (χ3n) is 4.69. The summed E-state index contributed by atoms with van der Waals surface area (Å²) in [5, 5.41) is 6.37. The normalized spacial score (nSPS) is 12.2. The van der Waals surface area contributed by atoms with Crippen molar-refractivity contribution in [2.75, 3.05) is 21.3 Å². The van der Waals surface area contributed by atoms with E-state index in [9.17, 15) is 9.59 Å². The van der Waals surface area contributed by atoms with Crippen LogP contribution in [-0.4, -0.2) is 42.1 Å². The van der Waals surface area contributed by atoms with Crippen LogP contribution in [0.2, 0.25) is 0 Å². The standard InChI is InChI=1S/C20H23N3O5/c1-11(2)18(12-6-7-15(26-3)16(8-12)27-4)23-9-13-17(21-22-19(13)24)14(10-23)20(25)28-5/h6-11,18H,1-5H3,(H,22,24)/t18-/m0/s1. The smallest absolute Gasteiger partial charge is 0.341 e. The lowest BCUT2D eigenvalue weighted by Gasteiger charge is -2.27. The van der Waals surface area contributed by atoms with Gasteiger partial charge in [-0.1, -0.05) is 19.9 Å². The lowest BCUT2D eigenvalue weighted by Crippen LogP contribution is -2.20. The number of H-pyrrole nitrogens is 1. The van der Waals surface area contributed by atoms with Gasteiger partial charge in [0.1, 0.15) is 11.3 Å². The van der Waals surface area contributed by atoms with E-state index in [0.717, 1.165) is 5.56 Å². The number of esters is 1. The van der Waals surface area contributed by atoms with E-state index in [-0.39, 0.29) is 23.1 Å². The van der Waals surface area contributed by atoms with Crippen molar-refractivity contribution in [1.29, 1.82) is 0 Å². The molecule has 0 radical (unpaired) electrons. The van der Waals surface area contributed by atoms with Crippen molar-refractivity contribution >= 4 is 5.97 Å². The first-order valence-corrected chi connectivity index (χ1v) is 8.81. The molecule has 28 heavy (non-hydrogen) atoms. The Hall–Kier alpha value is -3.29. The minimum atomic E-state index is -0.555. The Balaban J connectivity index is 2.22. The highest BCUT2D eigenvalue weighted by Crippen LogP contribution is 2.35. The van der Waals surface area contributed by atoms with Crippen LogP contribution in [0.25, 0.3) is 11.3 Å². The summed E-state index contributed by atoms with van der Waals surface area (Å²) in [6, 6.07) is 5.50. The number of pyridine rings is 1. The van der Waals surface area contributed by atoms with E-state index in [1.165, 1.54) is 7.11 Å². The molecule has 2 aliphatic rings. The largest absolute Gasteiger partial charge is 0.493 e. The van der Waals surface area contributed by atoms with Gasteiger partial charge in [0.05, 0.1) is 32.9 Å². The molecule has 0 saturated carbocycles. The van der Waals surface area contributed by atoms with Gasteiger partial charge >= 0.3 is 5.97 Å². The number of ether oxygens (including phenoxy) is 3. The van der Waals surface area contributed by atoms with Gasteiger partial charge in [-0.3, -0.25) is 4.79 Å². The van der Waals surface area contributed by atoms with Crippen LogP contribution in [0.15, 0.2) is 35.4 Å². The average molecular weight is 385 g/mol. The highest BCUT2D eigenvalue weighted by atomic mass is 16.5. The summed E-state index contributed by atoms with van der Waals surface area (Å²) in [6.07, 6.45) is 3.37. The molecule has 0 aromatic heterocycles. The number of hydrogen-bond donors (Lipinski definition) is 1. The van der Waals surface area contributed by atoms with Gasteiger partial charge in [-0.25, -0.2) is 9.89 Å². The predicted molar refractivity (Wildman–Crippen MR) is 103 cm³/mol. The number of benzene rings is 1. The van der Waals surface area contributed by atoms with Crippen molar-refractivity contribution in [1.82, 2.24) is 14.8 Å². The number of methoxy groups -OCH3 is 3. The minimum Gasteiger partial charge on any atom is -0.493 e. The molecule has 1 N–H and O–H groups in total. The van der Waals surface area contributed by atoms with Gasteiger partial charge in [-0.05, 0) is 23.6 Å². The molecule has 1 aromatic rings. The second kappa shape index (κ2) is 7.75. The first kappa shape index (κ1) is 19.5. The highest BCUT2D eigenvalue weighted by Gasteiger charge is 2.26. The van der Waals surface area contributed by atoms with E-state index in [4.69, 9.17) is 14.2 Å². The van der Waals surface area contributed by atoms with Gasteiger partial charge in [0.25, 0.3) is 5.56 Å². The van der Waals surface area contributed by atoms with E-state index in [0.29, 0.717) is 22.8 Å². The molecule has 0 bridgehead atoms. The van der Waals surface area contributed by atoms with E-state index >= 15 is 0 Å². The van der Waals surface area contributed by atoms with Crippen molar-refractivity contribution < 1.29 is 19.0 Å². The van der Waals surface area contributed by atoms with Gasteiger partial charge in [0, 0.05) is 12.4 Å². The maximum Gasteiger partial charge on any atom is 0.341 e. The Morgan fingerprint density at radius 1 is 1.11 bits per heavy atom. The number of hydrogen-bond acceptors (Lipinski definition) is 6. The topological polar surface area (TPSA) is 95.4 Å². The lowest BCUT2D eigenvalue weighted by molar-refractivity contribution is 0.0600. The Morgan fingerprint density at radius 2 is 1.82 bits per heavy atom. The van der Waals surface area contributed by atoms with Gasteiger partial charge < -0.3 is 18.8 Å². The fraction of sp³-hybridized carbons (Fsp3) is 0.350. The fourth-order valence-corrected chi connectivity index (χ4v) is 3.41. The van der Waals surface area contributed by atoms with Gasteiger partial charge in [0.15, 0.2) is 11.5 Å². The molecule has 1 aromatic carbocycles. The van der Waals surface area contributed by atoms with Crippen LogP contribution in [0.1, 0.15) is 35.8 Å². The SMILES string of the molecule is COC(=O)c1cn([C@H](c2ccc(OC)c(OC)c2)C(C)C)cc2c(=O)[nH]nc1-2. The van der Waals surface area contributed by atoms with E-state index in [2.05, 4.69) is 24.0 Å². The lowest BCUT2D eigenvalue weighted by atomic mass is 9.94. The zero-order valence-corrected chi connectivity index (χ0v) is 16.5. The number of carbonyl (C=O) groups excluding carboxylic acids is 1. The van der Waals surface area contributed by atoms with Crippen LogP contribution >= 0.6 is 0 Å². The van der Waals surface area contributed by atoms with Crippen molar-refractivity contribution in [2.24, 2.45) is 5.92 Å². The molecule has 0 unspecified atom stereocenters. The maximum atomic E-state index is 12.3. The summed E-state index contributed by atoms with van der Waals surface area (Å²) < 4.78 is 17.5. The molecule has 0 aliphatic carbocycles. The number of aromatic nitrogens is 3. The van der Waals surface area contributed by atoms with E-state index in [1.54, 1.807) is 26.6 Å². The molecule has 3 rings (SSSR count). The molecule has 148 valence electrons. The second-order valence-corrected chi connectivity index (χ2v) is 6.73. The summed E-state index contributed by atoms with van der Waals surface area (Å²) in [4.78, 5) is 24.5. The third-order valence-corrected chi connectivity index (χ3v) is 4.69. The molecule has 2 heterocycles. The Labute approximate surface area is 162 Å². The molecule has 8 nitrogen and oxygen atoms in total. The van der Waals surface area contributed by atoms with Gasteiger partial charge in [-0.15, -0.1) is 0 Å². The van der Waals surface area contributed by atoms with Crippen LogP contribution < -0.4 is 15.0 Å². The van der Waals surface area contributed by atoms with Gasteiger partial charge in [0.2, 0.25) is 0 Å². The summed E-state index contributed by atoms with van der Waals surface area (Å²) in [6.45, 7) is 4.12. The van der Waals surface area contributed by atoms with Crippen LogP contribution in [0, 0.1) is 5.92 Å². The van der Waals surface area contributed by atoms with Crippen molar-refractivity contribution in [3.8, 4) is 22.8 Å². The second-order valence-electron chi connectivity index (χ2n) is 6.73. The molecule has 8 heteroatoms. The van der Waals surface area contributed by atoms with Crippen LogP contribution in [0.3, 0.4) is 0 Å². The van der Waals surface area contributed by atoms with E-state index < -0.39 is 5.97 Å². The number of nitrogens with zero attached hydrogens (tertiary/aromatic N) is 2. The molecule has 2 aliphatic heterocycles. The van der Waals surface area contributed by atoms with Crippen molar-refractivity contribution in [3.05, 3.63) is 52.1 Å². The fourth-order valence-electron chi connectivity index (χ4n) is 3.41. The van der Waals surface area contributed by atoms with Crippen molar-refractivity contribution in [3.63, 3.8) is 0 Å². The Kier molecular flexibility index (Phi) is 5.39. The van der Waals surface area contributed by atoms with Crippen molar-refractivity contribution in [2.45, 2.75) is 19.9 Å². The monoisotopic (exact) mass is 385 g/mol. The Morgan fingerprint density at radius 3 is 2.43 bits per heavy atom. The molecule has 0 fully saturated rings. The quantitative estimate of drug-likeness (QED) is 0.656. The summed E-state index contributed by atoms with van der Waals surface area (Å²) in [5.41, 5.74) is 1.44. The number of carbonyl (C=O) groups is 1. The summed E-state index contributed by atoms with van der Waals surface area (Å²) >= 11 is 0. The van der Waals surface area contributed by atoms with Crippen LogP contribution in [0.4, 0.5) is 0 Å². The number of aromatic amines is 1. The molecule has 1 atom stereocenters. The first-order chi connectivity index (χ1) is 13.4. The molecule has 0 spiro atoms. The zero-order valence-electron chi connectivity index (χ0n) is 16.5. The van der Waals surface area contributed by atoms with E-state index in [1.807, 2.05) is 22.8 Å². The maximum absolute atomic E-state index is 12.3. The Bertz CT molecular complexity index is 1020. The predicted octanol–water partition coefficient (Wildman–Crippen LogP) is 2.73. The minimum absolute atomic E-state index is 0.146. The third kappa shape index (κ3) is 3.33. The number of rotatable bonds is 6. The molecular formula is C20H23N3O5.